The Hall–Kier alpha value is -0.450. The molecule has 0 bridgehead atoms. The number of nitrogens with one attached hydrogen (secondary N) is 1. The molecule has 0 radical (unpaired) electrons. The van der Waals surface area contributed by atoms with Crippen LogP contribution in [-0.4, -0.2) is 6.54 Å². The van der Waals surface area contributed by atoms with Crippen molar-refractivity contribution >= 4 is 50.7 Å². The lowest BCUT2D eigenvalue weighted by atomic mass is 10.2. The Morgan fingerprint density at radius 2 is 1.81 bits per heavy atom. The first-order valence-corrected chi connectivity index (χ1v) is 8.25. The molecule has 0 spiro atoms. The summed E-state index contributed by atoms with van der Waals surface area (Å²) >= 11 is 21.6. The van der Waals surface area contributed by atoms with Gasteiger partial charge in [0.1, 0.15) is 11.5 Å². The van der Waals surface area contributed by atoms with Crippen LogP contribution >= 0.6 is 50.7 Å². The molecule has 0 aromatic heterocycles. The summed E-state index contributed by atoms with van der Waals surface area (Å²) < 4.78 is 6.61. The number of benzene rings is 2. The lowest BCUT2D eigenvalue weighted by Crippen LogP contribution is -2.12. The molecule has 0 heterocycles. The molecule has 0 unspecified atom stereocenters. The van der Waals surface area contributed by atoms with Crippen molar-refractivity contribution in [2.75, 3.05) is 6.54 Å². The minimum absolute atomic E-state index is 0.473. The van der Waals surface area contributed by atoms with Crippen molar-refractivity contribution in [1.82, 2.24) is 5.32 Å². The lowest BCUT2D eigenvalue weighted by molar-refractivity contribution is 0.473. The second-order valence-electron chi connectivity index (χ2n) is 4.33. The first-order valence-electron chi connectivity index (χ1n) is 6.32. The van der Waals surface area contributed by atoms with Crippen molar-refractivity contribution < 1.29 is 4.74 Å². The first-order chi connectivity index (χ1) is 10.0. The van der Waals surface area contributed by atoms with E-state index in [4.69, 9.17) is 39.5 Å². The smallest absolute Gasteiger partial charge is 0.147 e. The molecule has 0 saturated heterocycles. The summed E-state index contributed by atoms with van der Waals surface area (Å²) in [6.07, 6.45) is 0. The van der Waals surface area contributed by atoms with Gasteiger partial charge in [0.05, 0.1) is 10.0 Å². The average molecular weight is 410 g/mol. The topological polar surface area (TPSA) is 21.3 Å². The monoisotopic (exact) mass is 407 g/mol. The summed E-state index contributed by atoms with van der Waals surface area (Å²) in [6.45, 7) is 3.60. The fourth-order valence-electron chi connectivity index (χ4n) is 1.73. The van der Waals surface area contributed by atoms with Crippen molar-refractivity contribution in [3.05, 3.63) is 55.4 Å². The van der Waals surface area contributed by atoms with Crippen LogP contribution in [0.1, 0.15) is 12.5 Å². The van der Waals surface area contributed by atoms with Crippen LogP contribution in [0.15, 0.2) is 34.8 Å². The zero-order chi connectivity index (χ0) is 15.4. The lowest BCUT2D eigenvalue weighted by Gasteiger charge is -2.14. The Balaban J connectivity index is 2.34. The maximum Gasteiger partial charge on any atom is 0.147 e. The van der Waals surface area contributed by atoms with Crippen LogP contribution in [0.25, 0.3) is 0 Å². The van der Waals surface area contributed by atoms with Crippen LogP contribution in [0, 0.1) is 0 Å². The first kappa shape index (κ1) is 16.9. The highest BCUT2D eigenvalue weighted by Crippen LogP contribution is 2.38. The third kappa shape index (κ3) is 4.51. The number of ether oxygens (including phenoxy) is 1. The summed E-state index contributed by atoms with van der Waals surface area (Å²) in [4.78, 5) is 0. The Morgan fingerprint density at radius 1 is 1.05 bits per heavy atom. The van der Waals surface area contributed by atoms with Crippen LogP contribution in [0.4, 0.5) is 0 Å². The Morgan fingerprint density at radius 3 is 2.52 bits per heavy atom. The zero-order valence-corrected chi connectivity index (χ0v) is 15.1. The molecule has 1 N–H and O–H groups in total. The van der Waals surface area contributed by atoms with E-state index in [0.29, 0.717) is 33.1 Å². The maximum absolute atomic E-state index is 6.19. The second kappa shape index (κ2) is 7.70. The van der Waals surface area contributed by atoms with E-state index in [2.05, 4.69) is 21.2 Å². The quantitative estimate of drug-likeness (QED) is 0.584. The molecule has 2 rings (SSSR count). The largest absolute Gasteiger partial charge is 0.455 e. The highest BCUT2D eigenvalue weighted by Gasteiger charge is 2.11. The van der Waals surface area contributed by atoms with E-state index in [1.807, 2.05) is 19.1 Å². The summed E-state index contributed by atoms with van der Waals surface area (Å²) in [7, 11) is 0. The van der Waals surface area contributed by atoms with E-state index in [9.17, 15) is 0 Å². The molecule has 0 atom stereocenters. The van der Waals surface area contributed by atoms with E-state index in [-0.39, 0.29) is 0 Å². The van der Waals surface area contributed by atoms with Gasteiger partial charge < -0.3 is 10.1 Å². The molecular weight excluding hydrogens is 396 g/mol. The van der Waals surface area contributed by atoms with Crippen molar-refractivity contribution in [3.8, 4) is 11.5 Å². The van der Waals surface area contributed by atoms with Crippen molar-refractivity contribution in [2.45, 2.75) is 13.5 Å². The molecule has 0 aliphatic rings. The summed E-state index contributed by atoms with van der Waals surface area (Å²) in [5.41, 5.74) is 0.997. The molecule has 2 aromatic carbocycles. The highest BCUT2D eigenvalue weighted by atomic mass is 79.9. The zero-order valence-electron chi connectivity index (χ0n) is 11.2. The molecular formula is C15H13BrCl3NO. The number of hydrogen-bond acceptors (Lipinski definition) is 2. The third-order valence-corrected chi connectivity index (χ3v) is 4.52. The maximum atomic E-state index is 6.19. The number of halogens is 4. The van der Waals surface area contributed by atoms with Crippen LogP contribution in [0.2, 0.25) is 15.1 Å². The molecule has 0 aliphatic carbocycles. The third-order valence-electron chi connectivity index (χ3n) is 2.79. The summed E-state index contributed by atoms with van der Waals surface area (Å²) in [5.74, 6) is 1.15. The van der Waals surface area contributed by atoms with Gasteiger partial charge in [-0.1, -0.05) is 47.8 Å². The minimum Gasteiger partial charge on any atom is -0.455 e. The van der Waals surface area contributed by atoms with Crippen LogP contribution in [0.3, 0.4) is 0 Å². The van der Waals surface area contributed by atoms with E-state index in [1.54, 1.807) is 18.2 Å². The molecule has 6 heteroatoms. The molecule has 0 amide bonds. The van der Waals surface area contributed by atoms with Gasteiger partial charge in [-0.05, 0) is 40.7 Å². The molecule has 0 aliphatic heterocycles. The highest BCUT2D eigenvalue weighted by molar-refractivity contribution is 9.10. The molecule has 2 nitrogen and oxygen atoms in total. The van der Waals surface area contributed by atoms with Gasteiger partial charge >= 0.3 is 0 Å². The summed E-state index contributed by atoms with van der Waals surface area (Å²) in [5, 5.41) is 4.86. The van der Waals surface area contributed by atoms with E-state index in [1.165, 1.54) is 0 Å². The summed E-state index contributed by atoms with van der Waals surface area (Å²) in [6, 6.07) is 8.89. The fraction of sp³-hybridized carbons (Fsp3) is 0.200. The Bertz CT molecular complexity index is 649. The molecule has 112 valence electrons. The van der Waals surface area contributed by atoms with Gasteiger partial charge in [0, 0.05) is 27.7 Å². The predicted octanol–water partition coefficient (Wildman–Crippen LogP) is 6.31. The Kier molecular flexibility index (Phi) is 6.20. The van der Waals surface area contributed by atoms with Crippen LogP contribution in [-0.2, 0) is 6.54 Å². The molecule has 0 fully saturated rings. The number of hydrogen-bond donors (Lipinski definition) is 1. The predicted molar refractivity (Wildman–Crippen MR) is 93.1 cm³/mol. The van der Waals surface area contributed by atoms with Crippen molar-refractivity contribution in [3.63, 3.8) is 0 Å². The van der Waals surface area contributed by atoms with Gasteiger partial charge in [-0.15, -0.1) is 0 Å². The Labute approximate surface area is 147 Å². The van der Waals surface area contributed by atoms with E-state index >= 15 is 0 Å². The average Bonchev–Trinajstić information content (AvgIpc) is 2.44. The molecule has 0 saturated carbocycles. The number of rotatable bonds is 5. The molecule has 2 aromatic rings. The normalized spacial score (nSPS) is 10.7. The van der Waals surface area contributed by atoms with Crippen molar-refractivity contribution in [2.24, 2.45) is 0 Å². The van der Waals surface area contributed by atoms with Gasteiger partial charge in [0.25, 0.3) is 0 Å². The SMILES string of the molecule is CCNCc1ccc(Cl)cc1Oc1cc(Cl)c(Br)cc1Cl. The van der Waals surface area contributed by atoms with E-state index < -0.39 is 0 Å². The molecule has 21 heavy (non-hydrogen) atoms. The van der Waals surface area contributed by atoms with Gasteiger partial charge in [-0.3, -0.25) is 0 Å². The minimum atomic E-state index is 0.473. The van der Waals surface area contributed by atoms with Crippen LogP contribution in [0.5, 0.6) is 11.5 Å². The fourth-order valence-corrected chi connectivity index (χ4v) is 2.72. The second-order valence-corrected chi connectivity index (χ2v) is 6.44. The van der Waals surface area contributed by atoms with Gasteiger partial charge in [-0.2, -0.15) is 0 Å². The van der Waals surface area contributed by atoms with Crippen LogP contribution < -0.4 is 10.1 Å². The van der Waals surface area contributed by atoms with Gasteiger partial charge in [-0.25, -0.2) is 0 Å². The van der Waals surface area contributed by atoms with Crippen molar-refractivity contribution in [1.29, 1.82) is 0 Å². The van der Waals surface area contributed by atoms with Gasteiger partial charge in [0.15, 0.2) is 0 Å². The van der Waals surface area contributed by atoms with Gasteiger partial charge in [0.2, 0.25) is 0 Å². The van der Waals surface area contributed by atoms with E-state index in [0.717, 1.165) is 16.6 Å². The standard InChI is InChI=1S/C15H13BrCl3NO/c1-2-20-8-9-3-4-10(17)5-14(9)21-15-7-12(18)11(16)6-13(15)19/h3-7,20H,2,8H2,1H3.